The molecule has 1 fully saturated rings. The van der Waals surface area contributed by atoms with E-state index in [9.17, 15) is 18.0 Å². The van der Waals surface area contributed by atoms with Crippen molar-refractivity contribution in [3.63, 3.8) is 0 Å². The van der Waals surface area contributed by atoms with Gasteiger partial charge in [-0.25, -0.2) is 8.42 Å². The van der Waals surface area contributed by atoms with E-state index in [1.54, 1.807) is 0 Å². The zero-order valence-electron chi connectivity index (χ0n) is 14.1. The Bertz CT molecular complexity index is 721. The predicted molar refractivity (Wildman–Crippen MR) is 89.8 cm³/mol. The van der Waals surface area contributed by atoms with Crippen LogP contribution in [0.25, 0.3) is 0 Å². The molecule has 138 valence electrons. The standard InChI is InChI=1S/C16H22N2O6S/c1-11-9-18(10-12(2)24-11)25(22,23)14-5-3-13(4-6-14)16(21)17-8-7-15(19)20/h3-6,11-12H,7-10H2,1-2H3,(H,17,21)(H,19,20). The van der Waals surface area contributed by atoms with E-state index in [0.29, 0.717) is 0 Å². The summed E-state index contributed by atoms with van der Waals surface area (Å²) >= 11 is 0. The van der Waals surface area contributed by atoms with E-state index >= 15 is 0 Å². The normalized spacial score (nSPS) is 21.7. The Morgan fingerprint density at radius 2 is 1.76 bits per heavy atom. The first-order valence-corrected chi connectivity index (χ1v) is 9.40. The number of sulfonamides is 1. The van der Waals surface area contributed by atoms with Crippen molar-refractivity contribution in [1.82, 2.24) is 9.62 Å². The highest BCUT2D eigenvalue weighted by Crippen LogP contribution is 2.21. The molecule has 1 aromatic rings. The Hall–Kier alpha value is -1.97. The van der Waals surface area contributed by atoms with Gasteiger partial charge in [0, 0.05) is 25.2 Å². The van der Waals surface area contributed by atoms with Gasteiger partial charge in [0.1, 0.15) is 0 Å². The first kappa shape index (κ1) is 19.4. The molecule has 1 aliphatic heterocycles. The third-order valence-corrected chi connectivity index (χ3v) is 5.61. The highest BCUT2D eigenvalue weighted by atomic mass is 32.2. The molecular weight excluding hydrogens is 348 g/mol. The molecule has 1 heterocycles. The maximum absolute atomic E-state index is 12.7. The van der Waals surface area contributed by atoms with Crippen molar-refractivity contribution in [1.29, 1.82) is 0 Å². The fraction of sp³-hybridized carbons (Fsp3) is 0.500. The van der Waals surface area contributed by atoms with Crippen molar-refractivity contribution in [3.05, 3.63) is 29.8 Å². The van der Waals surface area contributed by atoms with Gasteiger partial charge in [0.25, 0.3) is 5.91 Å². The van der Waals surface area contributed by atoms with Crippen LogP contribution in [0, 0.1) is 0 Å². The summed E-state index contributed by atoms with van der Waals surface area (Å²) in [4.78, 5) is 22.4. The summed E-state index contributed by atoms with van der Waals surface area (Å²) in [5, 5.41) is 11.0. The minimum atomic E-state index is -3.65. The van der Waals surface area contributed by atoms with Crippen molar-refractivity contribution in [2.45, 2.75) is 37.4 Å². The number of benzene rings is 1. The lowest BCUT2D eigenvalue weighted by atomic mass is 10.2. The smallest absolute Gasteiger partial charge is 0.305 e. The summed E-state index contributed by atoms with van der Waals surface area (Å²) in [5.74, 6) is -1.45. The third kappa shape index (κ3) is 5.00. The Kier molecular flexibility index (Phi) is 6.15. The van der Waals surface area contributed by atoms with Gasteiger partial charge in [-0.15, -0.1) is 0 Å². The molecule has 9 heteroatoms. The molecule has 0 bridgehead atoms. The van der Waals surface area contributed by atoms with Crippen molar-refractivity contribution in [2.75, 3.05) is 19.6 Å². The summed E-state index contributed by atoms with van der Waals surface area (Å²) in [6.07, 6.45) is -0.540. The van der Waals surface area contributed by atoms with Crippen LogP contribution in [0.5, 0.6) is 0 Å². The Balaban J connectivity index is 2.08. The number of hydrogen-bond acceptors (Lipinski definition) is 5. The summed E-state index contributed by atoms with van der Waals surface area (Å²) in [7, 11) is -3.65. The van der Waals surface area contributed by atoms with Crippen LogP contribution in [-0.2, 0) is 19.6 Å². The van der Waals surface area contributed by atoms with Crippen LogP contribution in [0.1, 0.15) is 30.6 Å². The lowest BCUT2D eigenvalue weighted by Gasteiger charge is -2.34. The van der Waals surface area contributed by atoms with E-state index < -0.39 is 21.9 Å². The van der Waals surface area contributed by atoms with Crippen LogP contribution < -0.4 is 5.32 Å². The van der Waals surface area contributed by atoms with Crippen molar-refractivity contribution in [3.8, 4) is 0 Å². The summed E-state index contributed by atoms with van der Waals surface area (Å²) < 4.78 is 32.4. The molecule has 0 radical (unpaired) electrons. The lowest BCUT2D eigenvalue weighted by molar-refractivity contribution is -0.136. The minimum Gasteiger partial charge on any atom is -0.481 e. The Morgan fingerprint density at radius 1 is 1.20 bits per heavy atom. The fourth-order valence-electron chi connectivity index (χ4n) is 2.64. The fourth-order valence-corrected chi connectivity index (χ4v) is 4.23. The van der Waals surface area contributed by atoms with Gasteiger partial charge in [-0.1, -0.05) is 0 Å². The molecule has 0 aliphatic carbocycles. The molecule has 2 atom stereocenters. The second kappa shape index (κ2) is 7.94. The van der Waals surface area contributed by atoms with E-state index in [0.717, 1.165) is 0 Å². The van der Waals surface area contributed by atoms with E-state index in [1.807, 2.05) is 13.8 Å². The average Bonchev–Trinajstić information content (AvgIpc) is 2.53. The zero-order valence-corrected chi connectivity index (χ0v) is 15.0. The van der Waals surface area contributed by atoms with Crippen molar-refractivity contribution in [2.24, 2.45) is 0 Å². The number of hydrogen-bond donors (Lipinski definition) is 2. The molecule has 25 heavy (non-hydrogen) atoms. The number of nitrogens with one attached hydrogen (secondary N) is 1. The number of ether oxygens (including phenoxy) is 1. The number of aliphatic carboxylic acids is 1. The number of nitrogens with zero attached hydrogens (tertiary/aromatic N) is 1. The molecule has 1 saturated heterocycles. The Morgan fingerprint density at radius 3 is 2.28 bits per heavy atom. The van der Waals surface area contributed by atoms with E-state index in [1.165, 1.54) is 28.6 Å². The van der Waals surface area contributed by atoms with E-state index in [4.69, 9.17) is 9.84 Å². The maximum atomic E-state index is 12.7. The van der Waals surface area contributed by atoms with Gasteiger partial charge in [-0.2, -0.15) is 4.31 Å². The van der Waals surface area contributed by atoms with Crippen LogP contribution in [0.3, 0.4) is 0 Å². The summed E-state index contributed by atoms with van der Waals surface area (Å²) in [5.41, 5.74) is 0.271. The first-order chi connectivity index (χ1) is 11.7. The number of carbonyl (C=O) groups is 2. The number of rotatable bonds is 6. The number of carbonyl (C=O) groups excluding carboxylic acids is 1. The molecule has 1 amide bonds. The van der Waals surface area contributed by atoms with Crippen molar-refractivity contribution >= 4 is 21.9 Å². The highest BCUT2D eigenvalue weighted by molar-refractivity contribution is 7.89. The zero-order chi connectivity index (χ0) is 18.6. The van der Waals surface area contributed by atoms with Crippen LogP contribution >= 0.6 is 0 Å². The monoisotopic (exact) mass is 370 g/mol. The first-order valence-electron chi connectivity index (χ1n) is 7.96. The van der Waals surface area contributed by atoms with Crippen LogP contribution in [0.4, 0.5) is 0 Å². The second-order valence-electron chi connectivity index (χ2n) is 6.00. The minimum absolute atomic E-state index is 0.0117. The second-order valence-corrected chi connectivity index (χ2v) is 7.94. The topological polar surface area (TPSA) is 113 Å². The highest BCUT2D eigenvalue weighted by Gasteiger charge is 2.32. The largest absolute Gasteiger partial charge is 0.481 e. The molecule has 8 nitrogen and oxygen atoms in total. The maximum Gasteiger partial charge on any atom is 0.305 e. The average molecular weight is 370 g/mol. The number of carboxylic acids is 1. The molecule has 1 aliphatic rings. The van der Waals surface area contributed by atoms with Gasteiger partial charge in [-0.05, 0) is 38.1 Å². The van der Waals surface area contributed by atoms with Gasteiger partial charge in [0.05, 0.1) is 23.5 Å². The van der Waals surface area contributed by atoms with E-state index in [2.05, 4.69) is 5.32 Å². The van der Waals surface area contributed by atoms with Gasteiger partial charge in [-0.3, -0.25) is 9.59 Å². The third-order valence-electron chi connectivity index (χ3n) is 3.76. The summed E-state index contributed by atoms with van der Waals surface area (Å²) in [6.45, 7) is 4.22. The molecule has 0 saturated carbocycles. The molecule has 0 aromatic heterocycles. The van der Waals surface area contributed by atoms with E-state index in [-0.39, 0.29) is 48.7 Å². The van der Waals surface area contributed by atoms with Gasteiger partial charge in [0.2, 0.25) is 10.0 Å². The SMILES string of the molecule is CC1CN(S(=O)(=O)c2ccc(C(=O)NCCC(=O)O)cc2)CC(C)O1. The molecule has 2 N–H and O–H groups in total. The van der Waals surface area contributed by atoms with Gasteiger partial charge in [0.15, 0.2) is 0 Å². The molecule has 2 unspecified atom stereocenters. The molecule has 2 rings (SSSR count). The van der Waals surface area contributed by atoms with Crippen LogP contribution in [0.15, 0.2) is 29.2 Å². The number of amides is 1. The molecular formula is C16H22N2O6S. The van der Waals surface area contributed by atoms with Crippen LogP contribution in [0.2, 0.25) is 0 Å². The lowest BCUT2D eigenvalue weighted by Crippen LogP contribution is -2.48. The summed E-state index contributed by atoms with van der Waals surface area (Å²) in [6, 6.07) is 5.59. The Labute approximate surface area is 146 Å². The quantitative estimate of drug-likeness (QED) is 0.762. The molecule has 1 aromatic carbocycles. The van der Waals surface area contributed by atoms with Gasteiger partial charge < -0.3 is 15.2 Å². The number of morpholine rings is 1. The molecule has 0 spiro atoms. The van der Waals surface area contributed by atoms with Crippen LogP contribution in [-0.4, -0.2) is 61.5 Å². The number of carboxylic acid groups (broad SMARTS) is 1. The predicted octanol–water partition coefficient (Wildman–Crippen LogP) is 0.689. The van der Waals surface area contributed by atoms with Gasteiger partial charge >= 0.3 is 5.97 Å². The van der Waals surface area contributed by atoms with Crippen molar-refractivity contribution < 1.29 is 27.9 Å².